The number of hydrogen-bond acceptors (Lipinski definition) is 3. The number of piperidine rings is 1. The Hall–Kier alpha value is -1.09. The van der Waals surface area contributed by atoms with Crippen LogP contribution in [0.3, 0.4) is 0 Å². The predicted molar refractivity (Wildman–Crippen MR) is 67.0 cm³/mol. The smallest absolute Gasteiger partial charge is 0.0564 e. The van der Waals surface area contributed by atoms with Crippen molar-refractivity contribution in [2.75, 3.05) is 12.3 Å². The van der Waals surface area contributed by atoms with Gasteiger partial charge in [-0.2, -0.15) is 0 Å². The van der Waals surface area contributed by atoms with Gasteiger partial charge < -0.3 is 5.73 Å². The van der Waals surface area contributed by atoms with Crippen molar-refractivity contribution in [3.63, 3.8) is 0 Å². The molecule has 3 nitrogen and oxygen atoms in total. The van der Waals surface area contributed by atoms with Gasteiger partial charge in [-0.3, -0.25) is 9.88 Å². The van der Waals surface area contributed by atoms with Gasteiger partial charge in [-0.15, -0.1) is 0 Å². The Morgan fingerprint density at radius 3 is 3.12 bits per heavy atom. The van der Waals surface area contributed by atoms with E-state index in [4.69, 9.17) is 5.73 Å². The van der Waals surface area contributed by atoms with Crippen molar-refractivity contribution in [3.05, 3.63) is 24.0 Å². The summed E-state index contributed by atoms with van der Waals surface area (Å²) >= 11 is 0. The van der Waals surface area contributed by atoms with Crippen LogP contribution in [0, 0.1) is 0 Å². The third-order valence-electron chi connectivity index (χ3n) is 3.43. The highest BCUT2D eigenvalue weighted by molar-refractivity contribution is 5.37. The van der Waals surface area contributed by atoms with E-state index >= 15 is 0 Å². The molecule has 1 saturated heterocycles. The van der Waals surface area contributed by atoms with E-state index in [1.165, 1.54) is 32.2 Å². The molecule has 2 heterocycles. The third kappa shape index (κ3) is 2.73. The molecule has 1 aromatic heterocycles. The fourth-order valence-corrected chi connectivity index (χ4v) is 2.52. The molecule has 16 heavy (non-hydrogen) atoms. The van der Waals surface area contributed by atoms with Crippen molar-refractivity contribution in [2.45, 2.75) is 45.2 Å². The second-order valence-corrected chi connectivity index (χ2v) is 4.61. The average molecular weight is 219 g/mol. The van der Waals surface area contributed by atoms with Crippen molar-refractivity contribution in [3.8, 4) is 0 Å². The minimum atomic E-state index is 0.733. The van der Waals surface area contributed by atoms with Gasteiger partial charge >= 0.3 is 0 Å². The molecule has 1 aliphatic rings. The summed E-state index contributed by atoms with van der Waals surface area (Å²) in [5.41, 5.74) is 7.68. The van der Waals surface area contributed by atoms with Crippen LogP contribution < -0.4 is 5.73 Å². The molecule has 0 saturated carbocycles. The van der Waals surface area contributed by atoms with Crippen LogP contribution in [-0.2, 0) is 6.54 Å². The maximum atomic E-state index is 5.77. The molecule has 0 aromatic carbocycles. The van der Waals surface area contributed by atoms with Gasteiger partial charge in [-0.25, -0.2) is 0 Å². The van der Waals surface area contributed by atoms with E-state index < -0.39 is 0 Å². The molecule has 1 fully saturated rings. The molecule has 0 aliphatic carbocycles. The van der Waals surface area contributed by atoms with Crippen LogP contribution in [0.15, 0.2) is 18.3 Å². The minimum Gasteiger partial charge on any atom is -0.399 e. The number of likely N-dealkylation sites (tertiary alicyclic amines) is 1. The molecule has 1 aromatic rings. The third-order valence-corrected chi connectivity index (χ3v) is 3.43. The van der Waals surface area contributed by atoms with Gasteiger partial charge in [-0.05, 0) is 37.9 Å². The summed E-state index contributed by atoms with van der Waals surface area (Å²) in [6, 6.07) is 4.56. The van der Waals surface area contributed by atoms with Gasteiger partial charge in [0.15, 0.2) is 0 Å². The Morgan fingerprint density at radius 2 is 2.38 bits per heavy atom. The summed E-state index contributed by atoms with van der Waals surface area (Å²) in [7, 11) is 0. The van der Waals surface area contributed by atoms with E-state index in [-0.39, 0.29) is 0 Å². The van der Waals surface area contributed by atoms with Gasteiger partial charge in [-0.1, -0.05) is 13.3 Å². The molecule has 0 spiro atoms. The molecule has 2 rings (SSSR count). The fraction of sp³-hybridized carbons (Fsp3) is 0.615. The molecule has 88 valence electrons. The van der Waals surface area contributed by atoms with E-state index in [1.807, 2.05) is 12.1 Å². The molecule has 2 N–H and O–H groups in total. The standard InChI is InChI=1S/C13H21N3/c1-2-13-5-3-4-8-16(13)10-12-9-11(14)6-7-15-12/h6-7,9,13H,2-5,8,10H2,1H3,(H2,14,15). The Bertz CT molecular complexity index is 338. The lowest BCUT2D eigenvalue weighted by molar-refractivity contribution is 0.134. The first kappa shape index (κ1) is 11.4. The summed E-state index contributed by atoms with van der Waals surface area (Å²) in [4.78, 5) is 6.93. The number of pyridine rings is 1. The summed E-state index contributed by atoms with van der Waals surface area (Å²) in [6.45, 7) is 4.42. The number of aromatic nitrogens is 1. The molecule has 1 aliphatic heterocycles. The Kier molecular flexibility index (Phi) is 3.78. The van der Waals surface area contributed by atoms with Crippen molar-refractivity contribution >= 4 is 5.69 Å². The van der Waals surface area contributed by atoms with E-state index in [9.17, 15) is 0 Å². The fourth-order valence-electron chi connectivity index (χ4n) is 2.52. The quantitative estimate of drug-likeness (QED) is 0.849. The second-order valence-electron chi connectivity index (χ2n) is 4.61. The van der Waals surface area contributed by atoms with Gasteiger partial charge in [0.1, 0.15) is 0 Å². The van der Waals surface area contributed by atoms with E-state index in [0.29, 0.717) is 0 Å². The molecular weight excluding hydrogens is 198 g/mol. The monoisotopic (exact) mass is 219 g/mol. The number of nitrogens with two attached hydrogens (primary N) is 1. The van der Waals surface area contributed by atoms with Crippen molar-refractivity contribution in [2.24, 2.45) is 0 Å². The van der Waals surface area contributed by atoms with Gasteiger partial charge in [0.05, 0.1) is 5.69 Å². The molecule has 0 radical (unpaired) electrons. The van der Waals surface area contributed by atoms with Crippen LogP contribution in [0.1, 0.15) is 38.3 Å². The normalized spacial score (nSPS) is 22.2. The molecule has 0 amide bonds. The molecule has 1 unspecified atom stereocenters. The van der Waals surface area contributed by atoms with Crippen LogP contribution in [-0.4, -0.2) is 22.5 Å². The first-order chi connectivity index (χ1) is 7.79. The molecule has 0 bridgehead atoms. The lowest BCUT2D eigenvalue weighted by Gasteiger charge is -2.34. The first-order valence-electron chi connectivity index (χ1n) is 6.24. The lowest BCUT2D eigenvalue weighted by Crippen LogP contribution is -2.38. The zero-order chi connectivity index (χ0) is 11.4. The highest BCUT2D eigenvalue weighted by Gasteiger charge is 2.20. The Morgan fingerprint density at radius 1 is 1.50 bits per heavy atom. The number of anilines is 1. The first-order valence-corrected chi connectivity index (χ1v) is 6.24. The largest absolute Gasteiger partial charge is 0.399 e. The van der Waals surface area contributed by atoms with E-state index in [0.717, 1.165) is 24.0 Å². The number of rotatable bonds is 3. The van der Waals surface area contributed by atoms with Gasteiger partial charge in [0, 0.05) is 24.5 Å². The maximum Gasteiger partial charge on any atom is 0.0564 e. The summed E-state index contributed by atoms with van der Waals surface area (Å²) in [5, 5.41) is 0. The molecule has 1 atom stereocenters. The zero-order valence-corrected chi connectivity index (χ0v) is 10.0. The Labute approximate surface area is 97.7 Å². The number of nitrogen functional groups attached to an aromatic ring is 1. The van der Waals surface area contributed by atoms with Crippen LogP contribution in [0.4, 0.5) is 5.69 Å². The number of hydrogen-bond donors (Lipinski definition) is 1. The van der Waals surface area contributed by atoms with Crippen LogP contribution in [0.2, 0.25) is 0 Å². The molecule has 3 heteroatoms. The lowest BCUT2D eigenvalue weighted by atomic mass is 10.00. The van der Waals surface area contributed by atoms with Crippen LogP contribution in [0.5, 0.6) is 0 Å². The summed E-state index contributed by atoms with van der Waals surface area (Å²) < 4.78 is 0. The van der Waals surface area contributed by atoms with Crippen molar-refractivity contribution in [1.82, 2.24) is 9.88 Å². The SMILES string of the molecule is CCC1CCCCN1Cc1cc(N)ccn1. The number of nitrogens with zero attached hydrogens (tertiary/aromatic N) is 2. The second kappa shape index (κ2) is 5.30. The minimum absolute atomic E-state index is 0.733. The average Bonchev–Trinajstić information content (AvgIpc) is 2.30. The Balaban J connectivity index is 2.02. The van der Waals surface area contributed by atoms with Gasteiger partial charge in [0.25, 0.3) is 0 Å². The molecular formula is C13H21N3. The topological polar surface area (TPSA) is 42.1 Å². The van der Waals surface area contributed by atoms with E-state index in [2.05, 4.69) is 16.8 Å². The highest BCUT2D eigenvalue weighted by atomic mass is 15.2. The maximum absolute atomic E-state index is 5.77. The van der Waals surface area contributed by atoms with Crippen LogP contribution >= 0.6 is 0 Å². The van der Waals surface area contributed by atoms with Crippen LogP contribution in [0.25, 0.3) is 0 Å². The summed E-state index contributed by atoms with van der Waals surface area (Å²) in [6.07, 6.45) is 7.06. The van der Waals surface area contributed by atoms with Crippen molar-refractivity contribution in [1.29, 1.82) is 0 Å². The van der Waals surface area contributed by atoms with Gasteiger partial charge in [0.2, 0.25) is 0 Å². The summed E-state index contributed by atoms with van der Waals surface area (Å²) in [5.74, 6) is 0. The zero-order valence-electron chi connectivity index (χ0n) is 10.0. The highest BCUT2D eigenvalue weighted by Crippen LogP contribution is 2.21. The van der Waals surface area contributed by atoms with Crippen molar-refractivity contribution < 1.29 is 0 Å². The van der Waals surface area contributed by atoms with E-state index in [1.54, 1.807) is 6.20 Å². The predicted octanol–water partition coefficient (Wildman–Crippen LogP) is 2.43.